The zero-order valence-electron chi connectivity index (χ0n) is 9.58. The number of amidine groups is 1. The number of hydrogen-bond donors (Lipinski definition) is 1. The monoisotopic (exact) mass is 235 g/mol. The van der Waals surface area contributed by atoms with E-state index in [1.54, 1.807) is 6.92 Å². The fourth-order valence-electron chi connectivity index (χ4n) is 1.44. The Morgan fingerprint density at radius 3 is 2.81 bits per heavy atom. The summed E-state index contributed by atoms with van der Waals surface area (Å²) in [7, 11) is 0. The number of hydrogen-bond acceptors (Lipinski definition) is 2. The Balaban J connectivity index is 2.93. The molecule has 0 saturated heterocycles. The topological polar surface area (TPSA) is 48.2 Å². The number of rotatable bonds is 2. The molecule has 0 amide bonds. The van der Waals surface area contributed by atoms with Crippen molar-refractivity contribution in [2.75, 3.05) is 0 Å². The first-order valence-electron chi connectivity index (χ1n) is 5.00. The molecule has 0 bridgehead atoms. The number of aryl methyl sites for hydroxylation is 1. The van der Waals surface area contributed by atoms with Gasteiger partial charge in [-0.25, -0.2) is 0 Å². The Morgan fingerprint density at radius 2 is 2.25 bits per heavy atom. The summed E-state index contributed by atoms with van der Waals surface area (Å²) in [6.07, 6.45) is 1.83. The van der Waals surface area contributed by atoms with Crippen molar-refractivity contribution in [2.24, 2.45) is 4.99 Å². The van der Waals surface area contributed by atoms with Gasteiger partial charge in [-0.3, -0.25) is 10.3 Å². The standard InChI is InChI=1S/C12H14ClN3/c1-8-4-5-11(12(13)6-8)9(2)16-10(3)15-7-14/h4-6,9H,1-3H3,(H,15,16). The molecule has 0 heterocycles. The molecule has 16 heavy (non-hydrogen) atoms. The Morgan fingerprint density at radius 1 is 1.56 bits per heavy atom. The van der Waals surface area contributed by atoms with E-state index in [1.807, 2.05) is 38.2 Å². The van der Waals surface area contributed by atoms with Crippen LogP contribution in [0.25, 0.3) is 0 Å². The molecule has 1 aromatic carbocycles. The Bertz CT molecular complexity index is 446. The number of nitrogens with one attached hydrogen (secondary N) is 1. The van der Waals surface area contributed by atoms with Gasteiger partial charge in [0.1, 0.15) is 5.84 Å². The minimum atomic E-state index is -0.0612. The van der Waals surface area contributed by atoms with Crippen LogP contribution in [0.2, 0.25) is 5.02 Å². The molecule has 3 nitrogen and oxygen atoms in total. The Hall–Kier alpha value is -1.53. The third-order valence-corrected chi connectivity index (χ3v) is 2.56. The van der Waals surface area contributed by atoms with Crippen molar-refractivity contribution in [3.8, 4) is 6.19 Å². The molecule has 0 saturated carbocycles. The van der Waals surface area contributed by atoms with Crippen molar-refractivity contribution in [1.29, 1.82) is 5.26 Å². The van der Waals surface area contributed by atoms with Crippen molar-refractivity contribution in [3.63, 3.8) is 0 Å². The summed E-state index contributed by atoms with van der Waals surface area (Å²) in [6, 6.07) is 5.82. The fourth-order valence-corrected chi connectivity index (χ4v) is 1.84. The molecule has 84 valence electrons. The van der Waals surface area contributed by atoms with Crippen LogP contribution in [0.4, 0.5) is 0 Å². The van der Waals surface area contributed by atoms with Gasteiger partial charge in [0.15, 0.2) is 6.19 Å². The summed E-state index contributed by atoms with van der Waals surface area (Å²) in [6.45, 7) is 5.69. The van der Waals surface area contributed by atoms with E-state index < -0.39 is 0 Å². The van der Waals surface area contributed by atoms with Crippen LogP contribution in [-0.4, -0.2) is 5.84 Å². The Kier molecular flexibility index (Phi) is 4.33. The number of nitrogens with zero attached hydrogens (tertiary/aromatic N) is 2. The predicted molar refractivity (Wildman–Crippen MR) is 66.5 cm³/mol. The van der Waals surface area contributed by atoms with Crippen molar-refractivity contribution < 1.29 is 0 Å². The summed E-state index contributed by atoms with van der Waals surface area (Å²) >= 11 is 6.13. The first-order chi connectivity index (χ1) is 7.54. The highest BCUT2D eigenvalue weighted by Gasteiger charge is 2.08. The maximum absolute atomic E-state index is 8.44. The molecule has 4 heteroatoms. The van der Waals surface area contributed by atoms with E-state index in [9.17, 15) is 0 Å². The third kappa shape index (κ3) is 3.25. The third-order valence-electron chi connectivity index (χ3n) is 2.23. The highest BCUT2D eigenvalue weighted by atomic mass is 35.5. The van der Waals surface area contributed by atoms with E-state index in [0.29, 0.717) is 10.9 Å². The zero-order valence-corrected chi connectivity index (χ0v) is 10.3. The van der Waals surface area contributed by atoms with Crippen LogP contribution in [0, 0.1) is 18.4 Å². The lowest BCUT2D eigenvalue weighted by molar-refractivity contribution is 0.812. The quantitative estimate of drug-likeness (QED) is 0.370. The molecule has 1 aromatic rings. The highest BCUT2D eigenvalue weighted by molar-refractivity contribution is 6.31. The second-order valence-electron chi connectivity index (χ2n) is 3.65. The highest BCUT2D eigenvalue weighted by Crippen LogP contribution is 2.26. The van der Waals surface area contributed by atoms with E-state index >= 15 is 0 Å². The molecule has 1 unspecified atom stereocenters. The second-order valence-corrected chi connectivity index (χ2v) is 4.06. The number of halogens is 1. The summed E-state index contributed by atoms with van der Waals surface area (Å²) in [5.74, 6) is 0.589. The number of nitriles is 1. The molecule has 0 radical (unpaired) electrons. The van der Waals surface area contributed by atoms with Gasteiger partial charge in [-0.15, -0.1) is 0 Å². The lowest BCUT2D eigenvalue weighted by Crippen LogP contribution is -2.14. The van der Waals surface area contributed by atoms with E-state index in [0.717, 1.165) is 11.1 Å². The average Bonchev–Trinajstić information content (AvgIpc) is 2.17. The van der Waals surface area contributed by atoms with Gasteiger partial charge >= 0.3 is 0 Å². The van der Waals surface area contributed by atoms with Crippen molar-refractivity contribution in [1.82, 2.24) is 5.32 Å². The van der Waals surface area contributed by atoms with E-state index in [2.05, 4.69) is 10.3 Å². The molecule has 0 aliphatic heterocycles. The van der Waals surface area contributed by atoms with E-state index in [1.165, 1.54) is 0 Å². The van der Waals surface area contributed by atoms with Gasteiger partial charge in [0.05, 0.1) is 6.04 Å². The summed E-state index contributed by atoms with van der Waals surface area (Å²) < 4.78 is 0. The van der Waals surface area contributed by atoms with Gasteiger partial charge in [0.25, 0.3) is 0 Å². The van der Waals surface area contributed by atoms with Crippen LogP contribution in [0.3, 0.4) is 0 Å². The Labute approximate surface area is 101 Å². The lowest BCUT2D eigenvalue weighted by atomic mass is 10.1. The van der Waals surface area contributed by atoms with Crippen LogP contribution in [0.1, 0.15) is 31.0 Å². The summed E-state index contributed by atoms with van der Waals surface area (Å²) in [4.78, 5) is 4.33. The van der Waals surface area contributed by atoms with Crippen LogP contribution in [0.15, 0.2) is 23.2 Å². The van der Waals surface area contributed by atoms with Crippen LogP contribution < -0.4 is 5.32 Å². The largest absolute Gasteiger partial charge is 0.281 e. The number of benzene rings is 1. The van der Waals surface area contributed by atoms with Gasteiger partial charge in [-0.1, -0.05) is 23.7 Å². The molecule has 0 spiro atoms. The minimum absolute atomic E-state index is 0.0612. The fraction of sp³-hybridized carbons (Fsp3) is 0.333. The molecular weight excluding hydrogens is 222 g/mol. The molecule has 1 N–H and O–H groups in total. The van der Waals surface area contributed by atoms with Crippen molar-refractivity contribution in [3.05, 3.63) is 34.3 Å². The lowest BCUT2D eigenvalue weighted by Gasteiger charge is -2.10. The molecule has 0 fully saturated rings. The van der Waals surface area contributed by atoms with Gasteiger partial charge in [-0.05, 0) is 38.0 Å². The van der Waals surface area contributed by atoms with E-state index in [-0.39, 0.29) is 6.04 Å². The second kappa shape index (κ2) is 5.53. The maximum Gasteiger partial charge on any atom is 0.182 e. The first kappa shape index (κ1) is 12.5. The van der Waals surface area contributed by atoms with Gasteiger partial charge < -0.3 is 0 Å². The summed E-state index contributed by atoms with van der Waals surface area (Å²) in [5, 5.41) is 11.6. The molecule has 0 aliphatic rings. The molecule has 0 aliphatic carbocycles. The molecule has 1 atom stereocenters. The van der Waals surface area contributed by atoms with Crippen molar-refractivity contribution in [2.45, 2.75) is 26.8 Å². The van der Waals surface area contributed by atoms with Crippen molar-refractivity contribution >= 4 is 17.4 Å². The molecule has 1 rings (SSSR count). The first-order valence-corrected chi connectivity index (χ1v) is 5.38. The molecule has 0 aromatic heterocycles. The van der Waals surface area contributed by atoms with E-state index in [4.69, 9.17) is 16.9 Å². The van der Waals surface area contributed by atoms with Gasteiger partial charge in [0.2, 0.25) is 0 Å². The van der Waals surface area contributed by atoms with Crippen LogP contribution >= 0.6 is 11.6 Å². The van der Waals surface area contributed by atoms with Crippen LogP contribution in [-0.2, 0) is 0 Å². The predicted octanol–water partition coefficient (Wildman–Crippen LogP) is 3.20. The van der Waals surface area contributed by atoms with Gasteiger partial charge in [-0.2, -0.15) is 5.26 Å². The summed E-state index contributed by atoms with van der Waals surface area (Å²) in [5.41, 5.74) is 2.09. The average molecular weight is 236 g/mol. The molecular formula is C12H14ClN3. The van der Waals surface area contributed by atoms with Gasteiger partial charge in [0, 0.05) is 5.02 Å². The number of aliphatic imine (C=N–C) groups is 1. The normalized spacial score (nSPS) is 13.1. The SMILES string of the molecule is CC(=NC(C)c1ccc(C)cc1Cl)NC#N. The maximum atomic E-state index is 8.44. The smallest absolute Gasteiger partial charge is 0.182 e. The van der Waals surface area contributed by atoms with Crippen LogP contribution in [0.5, 0.6) is 0 Å². The minimum Gasteiger partial charge on any atom is -0.281 e. The zero-order chi connectivity index (χ0) is 12.1.